The van der Waals surface area contributed by atoms with Gasteiger partial charge >= 0.3 is 0 Å². The molecule has 1 aliphatic carbocycles. The summed E-state index contributed by atoms with van der Waals surface area (Å²) in [5.41, 5.74) is 1.57. The van der Waals surface area contributed by atoms with Crippen molar-refractivity contribution in [1.82, 2.24) is 19.3 Å². The predicted molar refractivity (Wildman–Crippen MR) is 111 cm³/mol. The first-order valence-electron chi connectivity index (χ1n) is 9.88. The molecule has 4 rings (SSSR count). The average Bonchev–Trinajstić information content (AvgIpc) is 2.99. The van der Waals surface area contributed by atoms with Crippen LogP contribution in [0.4, 0.5) is 4.39 Å². The monoisotopic (exact) mass is 430 g/mol. The molecule has 158 valence electrons. The Morgan fingerprint density at radius 2 is 1.73 bits per heavy atom. The highest BCUT2D eigenvalue weighted by Crippen LogP contribution is 2.33. The first-order valence-corrected chi connectivity index (χ1v) is 11.8. The number of rotatable bonds is 4. The Kier molecular flexibility index (Phi) is 5.31. The first kappa shape index (κ1) is 20.5. The van der Waals surface area contributed by atoms with Crippen LogP contribution in [-0.4, -0.2) is 34.0 Å². The van der Waals surface area contributed by atoms with Gasteiger partial charge in [-0.05, 0) is 36.6 Å². The molecule has 0 amide bonds. The summed E-state index contributed by atoms with van der Waals surface area (Å²) in [6.45, 7) is 0. The van der Waals surface area contributed by atoms with E-state index in [4.69, 9.17) is 0 Å². The van der Waals surface area contributed by atoms with Crippen molar-refractivity contribution in [2.24, 2.45) is 7.05 Å². The fourth-order valence-electron chi connectivity index (χ4n) is 4.18. The van der Waals surface area contributed by atoms with E-state index in [1.54, 1.807) is 34.6 Å². The van der Waals surface area contributed by atoms with E-state index < -0.39 is 15.7 Å². The molecule has 7 nitrogen and oxygen atoms in total. The maximum atomic E-state index is 13.5. The summed E-state index contributed by atoms with van der Waals surface area (Å²) < 4.78 is 40.9. The van der Waals surface area contributed by atoms with Crippen LogP contribution in [0.25, 0.3) is 22.5 Å². The van der Waals surface area contributed by atoms with Crippen molar-refractivity contribution in [1.29, 1.82) is 0 Å². The van der Waals surface area contributed by atoms with Crippen LogP contribution in [-0.2, 0) is 16.9 Å². The summed E-state index contributed by atoms with van der Waals surface area (Å²) >= 11 is 0. The van der Waals surface area contributed by atoms with Gasteiger partial charge in [-0.15, -0.1) is 0 Å². The Morgan fingerprint density at radius 1 is 1.07 bits per heavy atom. The second-order valence-electron chi connectivity index (χ2n) is 7.69. The molecule has 2 aromatic heterocycles. The second-order valence-corrected chi connectivity index (χ2v) is 9.60. The van der Waals surface area contributed by atoms with Gasteiger partial charge in [-0.25, -0.2) is 27.5 Å². The molecular weight excluding hydrogens is 407 g/mol. The highest BCUT2D eigenvalue weighted by atomic mass is 32.2. The van der Waals surface area contributed by atoms with Gasteiger partial charge in [-0.3, -0.25) is 9.48 Å². The average molecular weight is 431 g/mol. The van der Waals surface area contributed by atoms with E-state index in [2.05, 4.69) is 9.97 Å². The number of nitrogens with zero attached hydrogens (tertiary/aromatic N) is 4. The van der Waals surface area contributed by atoms with E-state index in [1.165, 1.54) is 18.3 Å². The van der Waals surface area contributed by atoms with Gasteiger partial charge in [-0.1, -0.05) is 31.4 Å². The van der Waals surface area contributed by atoms with Gasteiger partial charge < -0.3 is 0 Å². The van der Waals surface area contributed by atoms with Crippen molar-refractivity contribution < 1.29 is 12.8 Å². The van der Waals surface area contributed by atoms with Gasteiger partial charge in [0.2, 0.25) is 15.0 Å². The van der Waals surface area contributed by atoms with Crippen LogP contribution >= 0.6 is 0 Å². The predicted octanol–water partition coefficient (Wildman–Crippen LogP) is 3.36. The van der Waals surface area contributed by atoms with Crippen LogP contribution in [0.2, 0.25) is 0 Å². The number of sulfone groups is 1. The Morgan fingerprint density at radius 3 is 2.37 bits per heavy atom. The van der Waals surface area contributed by atoms with Crippen molar-refractivity contribution in [2.45, 2.75) is 43.3 Å². The summed E-state index contributed by atoms with van der Waals surface area (Å²) in [7, 11) is -1.84. The molecule has 3 aromatic rings. The Labute approximate surface area is 174 Å². The van der Waals surface area contributed by atoms with E-state index in [1.807, 2.05) is 0 Å². The van der Waals surface area contributed by atoms with E-state index in [9.17, 15) is 17.6 Å². The fraction of sp³-hybridized carbons (Fsp3) is 0.381. The highest BCUT2D eigenvalue weighted by molar-refractivity contribution is 7.90. The van der Waals surface area contributed by atoms with E-state index in [-0.39, 0.29) is 16.8 Å². The molecule has 0 saturated heterocycles. The SMILES string of the molecule is Cn1c(-c2ccnc(S(C)(=O)=O)n2)c(-c2ccc(F)cc2)c(=O)n1C1CCCCC1. The van der Waals surface area contributed by atoms with Crippen LogP contribution in [0.15, 0.2) is 46.5 Å². The van der Waals surface area contributed by atoms with Crippen LogP contribution in [0.5, 0.6) is 0 Å². The molecule has 0 atom stereocenters. The second kappa shape index (κ2) is 7.79. The lowest BCUT2D eigenvalue weighted by molar-refractivity contribution is 0.296. The number of benzene rings is 1. The van der Waals surface area contributed by atoms with Crippen molar-refractivity contribution in [3.8, 4) is 22.5 Å². The quantitative estimate of drug-likeness (QED) is 0.593. The third-order valence-corrected chi connectivity index (χ3v) is 6.43. The minimum atomic E-state index is -3.62. The topological polar surface area (TPSA) is 86.8 Å². The summed E-state index contributed by atoms with van der Waals surface area (Å²) in [4.78, 5) is 21.6. The van der Waals surface area contributed by atoms with Crippen molar-refractivity contribution in [2.75, 3.05) is 6.26 Å². The summed E-state index contributed by atoms with van der Waals surface area (Å²) in [5, 5.41) is -0.303. The minimum Gasteiger partial charge on any atom is -0.283 e. The zero-order valence-electron chi connectivity index (χ0n) is 16.9. The number of hydrogen-bond donors (Lipinski definition) is 0. The third-order valence-electron chi connectivity index (χ3n) is 5.57. The zero-order valence-corrected chi connectivity index (χ0v) is 17.7. The summed E-state index contributed by atoms with van der Waals surface area (Å²) in [5.74, 6) is -0.398. The molecular formula is C21H23FN4O3S. The maximum absolute atomic E-state index is 13.5. The molecule has 1 saturated carbocycles. The zero-order chi connectivity index (χ0) is 21.5. The number of aromatic nitrogens is 4. The lowest BCUT2D eigenvalue weighted by Gasteiger charge is -2.24. The van der Waals surface area contributed by atoms with Gasteiger partial charge in [0, 0.05) is 19.5 Å². The number of halogens is 1. The van der Waals surface area contributed by atoms with E-state index in [0.717, 1.165) is 38.4 Å². The summed E-state index contributed by atoms with van der Waals surface area (Å²) in [6, 6.07) is 7.36. The van der Waals surface area contributed by atoms with Crippen LogP contribution < -0.4 is 5.56 Å². The maximum Gasteiger partial charge on any atom is 0.275 e. The van der Waals surface area contributed by atoms with E-state index in [0.29, 0.717) is 22.5 Å². The molecule has 0 N–H and O–H groups in total. The summed E-state index contributed by atoms with van der Waals surface area (Å²) in [6.07, 6.45) is 7.47. The normalized spacial score (nSPS) is 15.4. The number of hydrogen-bond acceptors (Lipinski definition) is 5. The van der Waals surface area contributed by atoms with E-state index >= 15 is 0 Å². The fourth-order valence-corrected chi connectivity index (χ4v) is 4.70. The standard InChI is InChI=1S/C21H23FN4O3S/c1-25-19(17-12-13-23-21(24-17)30(2,28)29)18(14-8-10-15(22)11-9-14)20(27)26(25)16-6-4-3-5-7-16/h8-13,16H,3-7H2,1-2H3. The van der Waals surface area contributed by atoms with Gasteiger partial charge in [0.15, 0.2) is 0 Å². The largest absolute Gasteiger partial charge is 0.283 e. The molecule has 0 unspecified atom stereocenters. The Hall–Kier alpha value is -2.81. The minimum absolute atomic E-state index is 0.0559. The molecule has 1 aromatic carbocycles. The molecule has 0 radical (unpaired) electrons. The Balaban J connectivity index is 1.99. The smallest absolute Gasteiger partial charge is 0.275 e. The molecule has 1 aliphatic rings. The lowest BCUT2D eigenvalue weighted by atomic mass is 9.95. The molecule has 2 heterocycles. The first-order chi connectivity index (χ1) is 14.3. The van der Waals surface area contributed by atoms with Crippen molar-refractivity contribution in [3.63, 3.8) is 0 Å². The van der Waals surface area contributed by atoms with Crippen molar-refractivity contribution in [3.05, 3.63) is 52.7 Å². The highest BCUT2D eigenvalue weighted by Gasteiger charge is 2.27. The van der Waals surface area contributed by atoms with Crippen LogP contribution in [0.1, 0.15) is 38.1 Å². The molecule has 30 heavy (non-hydrogen) atoms. The van der Waals surface area contributed by atoms with Gasteiger partial charge in [-0.2, -0.15) is 0 Å². The van der Waals surface area contributed by atoms with Gasteiger partial charge in [0.25, 0.3) is 5.56 Å². The molecule has 0 aliphatic heterocycles. The van der Waals surface area contributed by atoms with Crippen molar-refractivity contribution >= 4 is 9.84 Å². The lowest BCUT2D eigenvalue weighted by Crippen LogP contribution is -2.28. The van der Waals surface area contributed by atoms with Gasteiger partial charge in [0.05, 0.1) is 23.0 Å². The third kappa shape index (κ3) is 3.69. The molecule has 0 spiro atoms. The van der Waals surface area contributed by atoms with Gasteiger partial charge in [0.1, 0.15) is 5.82 Å². The molecule has 9 heteroatoms. The molecule has 1 fully saturated rings. The Bertz CT molecular complexity index is 1240. The molecule has 0 bridgehead atoms. The van der Waals surface area contributed by atoms with Crippen LogP contribution in [0, 0.1) is 5.82 Å². The van der Waals surface area contributed by atoms with Crippen LogP contribution in [0.3, 0.4) is 0 Å².